The van der Waals surface area contributed by atoms with Gasteiger partial charge in [-0.1, -0.05) is 59.8 Å². The molecular formula is C32H50FN3O2. The highest BCUT2D eigenvalue weighted by atomic mass is 19.1. The minimum atomic E-state index is -0.169. The van der Waals surface area contributed by atoms with Gasteiger partial charge in [0.05, 0.1) is 0 Å². The summed E-state index contributed by atoms with van der Waals surface area (Å²) in [5.41, 5.74) is 3.86. The van der Waals surface area contributed by atoms with E-state index in [1.807, 2.05) is 40.7 Å². The number of aryl methyl sites for hydroxylation is 1. The first-order valence-corrected chi connectivity index (χ1v) is 14.1. The highest BCUT2D eigenvalue weighted by molar-refractivity contribution is 6.03. The molecule has 2 aromatic rings. The van der Waals surface area contributed by atoms with Crippen molar-refractivity contribution in [2.45, 2.75) is 79.6 Å². The largest absolute Gasteiger partial charge is 0.307 e. The van der Waals surface area contributed by atoms with Gasteiger partial charge in [0, 0.05) is 36.6 Å². The van der Waals surface area contributed by atoms with E-state index < -0.39 is 0 Å². The molecule has 0 unspecified atom stereocenters. The first-order chi connectivity index (χ1) is 18.5. The van der Waals surface area contributed by atoms with Crippen molar-refractivity contribution in [2.75, 3.05) is 26.7 Å². The van der Waals surface area contributed by atoms with Crippen LogP contribution in [0, 0.1) is 24.6 Å². The number of halogens is 1. The van der Waals surface area contributed by atoms with E-state index in [1.54, 1.807) is 24.4 Å². The molecule has 0 N–H and O–H groups in total. The molecule has 1 saturated heterocycles. The fraction of sp³-hybridized carbons (Fsp3) is 0.562. The lowest BCUT2D eigenvalue weighted by molar-refractivity contribution is -0.0980. The third-order valence-electron chi connectivity index (χ3n) is 6.84. The number of aliphatic imine (C=N–C) groups is 1. The number of pyridine rings is 1. The zero-order valence-electron chi connectivity index (χ0n) is 24.6. The van der Waals surface area contributed by atoms with Gasteiger partial charge in [0.1, 0.15) is 12.6 Å². The van der Waals surface area contributed by atoms with Crippen molar-refractivity contribution in [2.24, 2.45) is 16.8 Å². The summed E-state index contributed by atoms with van der Waals surface area (Å²) in [6.07, 6.45) is 13.7. The van der Waals surface area contributed by atoms with E-state index in [9.17, 15) is 9.18 Å². The Hall–Kier alpha value is -2.73. The summed E-state index contributed by atoms with van der Waals surface area (Å²) in [6.45, 7) is 15.9. The molecule has 4 rings (SSSR count). The topological polar surface area (TPSA) is 62.6 Å². The van der Waals surface area contributed by atoms with Crippen LogP contribution in [-0.2, 0) is 4.79 Å². The number of nitrogens with zero attached hydrogens (tertiary/aromatic N) is 3. The fourth-order valence-corrected chi connectivity index (χ4v) is 4.71. The minimum absolute atomic E-state index is 0.169. The molecule has 6 heteroatoms. The van der Waals surface area contributed by atoms with Crippen LogP contribution in [0.25, 0.3) is 0 Å². The van der Waals surface area contributed by atoms with Crippen LogP contribution in [0.1, 0.15) is 94.1 Å². The van der Waals surface area contributed by atoms with Crippen molar-refractivity contribution in [3.8, 4) is 0 Å². The van der Waals surface area contributed by atoms with Crippen LogP contribution in [0.3, 0.4) is 0 Å². The second-order valence-electron chi connectivity index (χ2n) is 9.42. The summed E-state index contributed by atoms with van der Waals surface area (Å²) < 4.78 is 13.2. The van der Waals surface area contributed by atoms with Crippen molar-refractivity contribution in [1.29, 1.82) is 0 Å². The average molecular weight is 528 g/mol. The van der Waals surface area contributed by atoms with Crippen LogP contribution in [0.15, 0.2) is 47.7 Å². The highest BCUT2D eigenvalue weighted by Crippen LogP contribution is 2.24. The minimum Gasteiger partial charge on any atom is -0.307 e. The van der Waals surface area contributed by atoms with Gasteiger partial charge in [0.15, 0.2) is 6.29 Å². The van der Waals surface area contributed by atoms with Gasteiger partial charge in [-0.2, -0.15) is 0 Å². The smallest absolute Gasteiger partial charge is 0.151 e. The lowest BCUT2D eigenvalue weighted by Crippen LogP contribution is -2.36. The number of hydrogen-bond donors (Lipinski definition) is 0. The zero-order chi connectivity index (χ0) is 28.8. The lowest BCUT2D eigenvalue weighted by atomic mass is 9.86. The van der Waals surface area contributed by atoms with Gasteiger partial charge in [-0.05, 0) is 86.8 Å². The summed E-state index contributed by atoms with van der Waals surface area (Å²) >= 11 is 0. The van der Waals surface area contributed by atoms with Gasteiger partial charge in [-0.15, -0.1) is 0 Å². The Morgan fingerprint density at radius 2 is 1.74 bits per heavy atom. The molecule has 1 aliphatic heterocycles. The number of benzene rings is 1. The number of hydrogen-bond acceptors (Lipinski definition) is 5. The van der Waals surface area contributed by atoms with Gasteiger partial charge >= 0.3 is 0 Å². The molecular weight excluding hydrogens is 477 g/mol. The summed E-state index contributed by atoms with van der Waals surface area (Å²) in [5.74, 6) is 1.38. The predicted molar refractivity (Wildman–Crippen MR) is 159 cm³/mol. The number of aldehydes is 1. The maximum atomic E-state index is 13.2. The predicted octanol–water partition coefficient (Wildman–Crippen LogP) is 7.61. The van der Waals surface area contributed by atoms with Crippen LogP contribution in [-0.4, -0.2) is 55.4 Å². The Labute approximate surface area is 231 Å². The van der Waals surface area contributed by atoms with Gasteiger partial charge < -0.3 is 9.69 Å². The van der Waals surface area contributed by atoms with E-state index in [4.69, 9.17) is 4.79 Å². The van der Waals surface area contributed by atoms with Gasteiger partial charge in [-0.3, -0.25) is 14.8 Å². The van der Waals surface area contributed by atoms with Crippen molar-refractivity contribution in [3.63, 3.8) is 0 Å². The van der Waals surface area contributed by atoms with Gasteiger partial charge in [0.25, 0.3) is 0 Å². The standard InChI is InChI=1S/C16H23FN2.C7H14.C6H5NO.C2H6.CH2O/c1-4-19-9-7-13(8-10-19)16(18-3)15-6-5-14(17)11-12(15)2;1-7-5-3-2-4-6-7;8-5-6-2-1-3-7-4-6;2*1-2/h5-6,11,13H,4,7-10H2,1-3H3;7H,2-6H2,1H3;1-5H;1-2H3;1H2. The number of carbonyl (C=O) groups excluding carboxylic acids is 2. The highest BCUT2D eigenvalue weighted by Gasteiger charge is 2.24. The Kier molecular flexibility index (Phi) is 20.7. The first-order valence-electron chi connectivity index (χ1n) is 14.1. The molecule has 1 aliphatic carbocycles. The Bertz CT molecular complexity index is 891. The summed E-state index contributed by atoms with van der Waals surface area (Å²) in [5, 5.41) is 0. The molecule has 1 aromatic carbocycles. The first kappa shape index (κ1) is 35.3. The van der Waals surface area contributed by atoms with Gasteiger partial charge in [-0.25, -0.2) is 4.39 Å². The van der Waals surface area contributed by atoms with Crippen LogP contribution in [0.5, 0.6) is 0 Å². The average Bonchev–Trinajstić information content (AvgIpc) is 2.98. The fourth-order valence-electron chi connectivity index (χ4n) is 4.71. The van der Waals surface area contributed by atoms with E-state index in [2.05, 4.69) is 28.7 Å². The second-order valence-corrected chi connectivity index (χ2v) is 9.42. The van der Waals surface area contributed by atoms with Crippen LogP contribution < -0.4 is 0 Å². The quantitative estimate of drug-likeness (QED) is 0.303. The molecule has 2 fully saturated rings. The number of piperidine rings is 1. The molecule has 5 nitrogen and oxygen atoms in total. The molecule has 212 valence electrons. The third-order valence-corrected chi connectivity index (χ3v) is 6.84. The molecule has 1 aromatic heterocycles. The number of likely N-dealkylation sites (tertiary alicyclic amines) is 1. The van der Waals surface area contributed by atoms with Crippen molar-refractivity contribution >= 4 is 18.8 Å². The van der Waals surface area contributed by atoms with E-state index >= 15 is 0 Å². The van der Waals surface area contributed by atoms with Crippen LogP contribution in [0.2, 0.25) is 0 Å². The second kappa shape index (κ2) is 22.3. The molecule has 0 spiro atoms. The van der Waals surface area contributed by atoms with Crippen LogP contribution >= 0.6 is 0 Å². The maximum Gasteiger partial charge on any atom is 0.151 e. The van der Waals surface area contributed by atoms with E-state index in [1.165, 1.54) is 44.4 Å². The third kappa shape index (κ3) is 13.7. The number of aromatic nitrogens is 1. The normalized spacial score (nSPS) is 16.1. The molecule has 0 atom stereocenters. The molecule has 38 heavy (non-hydrogen) atoms. The van der Waals surface area contributed by atoms with E-state index in [-0.39, 0.29) is 5.82 Å². The van der Waals surface area contributed by atoms with Crippen LogP contribution in [0.4, 0.5) is 4.39 Å². The molecule has 0 amide bonds. The monoisotopic (exact) mass is 527 g/mol. The summed E-state index contributed by atoms with van der Waals surface area (Å²) in [6, 6.07) is 8.44. The molecule has 2 aliphatic rings. The zero-order valence-corrected chi connectivity index (χ0v) is 24.6. The maximum absolute atomic E-state index is 13.2. The Morgan fingerprint density at radius 1 is 1.11 bits per heavy atom. The summed E-state index contributed by atoms with van der Waals surface area (Å²) in [7, 11) is 1.85. The SMILES string of the molecule is C=O.CC.CC1CCCCC1.CCN1CCC(C(=NC)c2ccc(F)cc2C)CC1.O=Cc1cccnc1. The van der Waals surface area contributed by atoms with Crippen molar-refractivity contribution in [3.05, 3.63) is 65.2 Å². The van der Waals surface area contributed by atoms with Crippen molar-refractivity contribution < 1.29 is 14.0 Å². The Balaban J connectivity index is 0.000000592. The van der Waals surface area contributed by atoms with E-state index in [0.717, 1.165) is 61.5 Å². The number of rotatable bonds is 4. The molecule has 2 heterocycles. The molecule has 0 bridgehead atoms. The van der Waals surface area contributed by atoms with E-state index in [0.29, 0.717) is 11.5 Å². The lowest BCUT2D eigenvalue weighted by Gasteiger charge is -2.32. The summed E-state index contributed by atoms with van der Waals surface area (Å²) in [4.78, 5) is 28.7. The number of carbonyl (C=O) groups is 2. The molecule has 0 radical (unpaired) electrons. The Morgan fingerprint density at radius 3 is 2.13 bits per heavy atom. The van der Waals surface area contributed by atoms with Crippen molar-refractivity contribution in [1.82, 2.24) is 9.88 Å². The molecule has 1 saturated carbocycles. The van der Waals surface area contributed by atoms with Gasteiger partial charge in [0.2, 0.25) is 0 Å².